The molecule has 11 nitrogen and oxygen atoms in total. The monoisotopic (exact) mass is 1000 g/mol. The van der Waals surface area contributed by atoms with Gasteiger partial charge >= 0.3 is 25.7 Å². The second kappa shape index (κ2) is 52.0. The number of phosphoric ester groups is 1. The summed E-state index contributed by atoms with van der Waals surface area (Å²) in [5.41, 5.74) is 0. The van der Waals surface area contributed by atoms with Gasteiger partial charge in [0.25, 0.3) is 0 Å². The van der Waals surface area contributed by atoms with Gasteiger partial charge in [0.1, 0.15) is 12.7 Å². The van der Waals surface area contributed by atoms with Gasteiger partial charge in [-0.3, -0.25) is 23.4 Å². The number of unbranched alkanes of at least 4 members (excludes halogenated alkanes) is 19. The molecule has 0 saturated heterocycles. The number of aliphatic hydroxyl groups is 1. The molecule has 2 N–H and O–H groups in total. The third-order valence-corrected chi connectivity index (χ3v) is 12.2. The number of ether oxygens (including phenoxy) is 3. The van der Waals surface area contributed by atoms with Crippen molar-refractivity contribution in [3.05, 3.63) is 85.1 Å². The van der Waals surface area contributed by atoms with Crippen LogP contribution in [0.4, 0.5) is 0 Å². The summed E-state index contributed by atoms with van der Waals surface area (Å²) in [5.74, 6) is -1.52. The molecular weight excluding hydrogens is 904 g/mol. The molecule has 0 aliphatic heterocycles. The third-order valence-electron chi connectivity index (χ3n) is 11.3. The lowest BCUT2D eigenvalue weighted by Gasteiger charge is -2.21. The zero-order valence-corrected chi connectivity index (χ0v) is 45.1. The normalized spacial score (nSPS) is 14.1. The van der Waals surface area contributed by atoms with Gasteiger partial charge in [0, 0.05) is 19.3 Å². The largest absolute Gasteiger partial charge is 0.472 e. The van der Waals surface area contributed by atoms with Crippen molar-refractivity contribution in [1.82, 2.24) is 0 Å². The average molecular weight is 1000 g/mol. The van der Waals surface area contributed by atoms with Crippen LogP contribution in [0.2, 0.25) is 0 Å². The number of hydrogen-bond donors (Lipinski definition) is 2. The maximum Gasteiger partial charge on any atom is 0.472 e. The summed E-state index contributed by atoms with van der Waals surface area (Å²) in [6, 6.07) is 0. The Labute approximate surface area is 426 Å². The Kier molecular flexibility index (Phi) is 49.5. The topological polar surface area (TPSA) is 155 Å². The molecule has 0 aliphatic rings. The Morgan fingerprint density at radius 1 is 0.414 bits per heavy atom. The van der Waals surface area contributed by atoms with Crippen LogP contribution in [0.5, 0.6) is 0 Å². The molecule has 0 bridgehead atoms. The highest BCUT2D eigenvalue weighted by Gasteiger charge is 2.28. The fourth-order valence-electron chi connectivity index (χ4n) is 7.08. The molecule has 0 heterocycles. The SMILES string of the molecule is CC/C=C\C/C=C\C/C=C\CCCCCC(=O)OC(CO)COP(=O)(O)OCC(COC(=O)CCCCCCC/C=C\C/C=C\CCC)OC(=O)CCCCCCCCC/C=C\C/C=C\CCCCC. The van der Waals surface area contributed by atoms with Gasteiger partial charge in [-0.2, -0.15) is 0 Å². The first-order valence-electron chi connectivity index (χ1n) is 27.5. The van der Waals surface area contributed by atoms with E-state index >= 15 is 0 Å². The van der Waals surface area contributed by atoms with Crippen molar-refractivity contribution in [2.75, 3.05) is 26.4 Å². The average Bonchev–Trinajstić information content (AvgIpc) is 3.35. The first kappa shape index (κ1) is 66.7. The molecule has 0 aromatic rings. The van der Waals surface area contributed by atoms with E-state index in [-0.39, 0.29) is 25.9 Å². The Balaban J connectivity index is 4.79. The molecule has 0 amide bonds. The lowest BCUT2D eigenvalue weighted by molar-refractivity contribution is -0.161. The van der Waals surface area contributed by atoms with Crippen LogP contribution in [0, 0.1) is 0 Å². The highest BCUT2D eigenvalue weighted by molar-refractivity contribution is 7.47. The number of esters is 3. The van der Waals surface area contributed by atoms with E-state index in [2.05, 4.69) is 106 Å². The minimum absolute atomic E-state index is 0.138. The van der Waals surface area contributed by atoms with Gasteiger partial charge in [-0.05, 0) is 109 Å². The molecule has 12 heteroatoms. The van der Waals surface area contributed by atoms with Crippen LogP contribution in [0.1, 0.15) is 226 Å². The third kappa shape index (κ3) is 49.6. The molecule has 3 unspecified atom stereocenters. The van der Waals surface area contributed by atoms with Crippen molar-refractivity contribution >= 4 is 25.7 Å². The van der Waals surface area contributed by atoms with Gasteiger partial charge in [0.05, 0.1) is 19.8 Å². The number of phosphoric acid groups is 1. The zero-order valence-electron chi connectivity index (χ0n) is 44.2. The summed E-state index contributed by atoms with van der Waals surface area (Å²) < 4.78 is 39.4. The molecule has 0 aromatic carbocycles. The molecule has 0 rings (SSSR count). The molecule has 3 atom stereocenters. The molecule has 0 spiro atoms. The molecule has 402 valence electrons. The standard InChI is InChI=1S/C58H99O11P/c1-4-7-10-13-16-19-22-25-26-27-28-31-34-37-40-43-46-49-58(62)69-55(51-65-56(60)47-44-41-38-35-32-29-23-20-17-14-11-8-5-2)53-67-70(63,64)66-52-54(50-59)68-57(61)48-45-42-39-36-33-30-24-21-18-15-12-9-6-3/h9,11-12,14,16,18-21,23,25-26,30,33,54-55,59H,4-8,10,13,15,17,22,24,27-29,31-32,34-53H2,1-3H3,(H,63,64)/b12-9-,14-11-,19-16-,21-18-,23-20-,26-25-,33-30-. The van der Waals surface area contributed by atoms with E-state index in [0.717, 1.165) is 122 Å². The summed E-state index contributed by atoms with van der Waals surface area (Å²) >= 11 is 0. The molecule has 0 aromatic heterocycles. The molecule has 0 saturated carbocycles. The highest BCUT2D eigenvalue weighted by Crippen LogP contribution is 2.43. The van der Waals surface area contributed by atoms with E-state index in [9.17, 15) is 28.9 Å². The second-order valence-electron chi connectivity index (χ2n) is 18.0. The fraction of sp³-hybridized carbons (Fsp3) is 0.707. The Hall–Kier alpha value is -3.34. The molecule has 70 heavy (non-hydrogen) atoms. The zero-order chi connectivity index (χ0) is 51.3. The van der Waals surface area contributed by atoms with E-state index in [1.54, 1.807) is 0 Å². The number of aliphatic hydroxyl groups excluding tert-OH is 1. The van der Waals surface area contributed by atoms with Crippen LogP contribution in [0.15, 0.2) is 85.1 Å². The minimum Gasteiger partial charge on any atom is -0.462 e. The fourth-order valence-corrected chi connectivity index (χ4v) is 7.87. The Morgan fingerprint density at radius 3 is 1.21 bits per heavy atom. The van der Waals surface area contributed by atoms with E-state index in [0.29, 0.717) is 19.3 Å². The molecular formula is C58H99O11P. The van der Waals surface area contributed by atoms with Crippen LogP contribution in [-0.4, -0.2) is 66.5 Å². The summed E-state index contributed by atoms with van der Waals surface area (Å²) in [6.45, 7) is 4.37. The van der Waals surface area contributed by atoms with E-state index in [4.69, 9.17) is 23.3 Å². The van der Waals surface area contributed by atoms with Crippen LogP contribution >= 0.6 is 7.82 Å². The van der Waals surface area contributed by atoms with E-state index in [1.807, 2.05) is 0 Å². The lowest BCUT2D eigenvalue weighted by atomic mass is 10.1. The maximum absolute atomic E-state index is 12.9. The van der Waals surface area contributed by atoms with Crippen molar-refractivity contribution in [3.63, 3.8) is 0 Å². The quantitative estimate of drug-likeness (QED) is 0.0197. The van der Waals surface area contributed by atoms with Crippen LogP contribution in [-0.2, 0) is 42.2 Å². The van der Waals surface area contributed by atoms with E-state index < -0.39 is 57.8 Å². The van der Waals surface area contributed by atoms with Crippen molar-refractivity contribution in [3.8, 4) is 0 Å². The van der Waals surface area contributed by atoms with Gasteiger partial charge in [0.2, 0.25) is 0 Å². The number of carbonyl (C=O) groups is 3. The first-order chi connectivity index (χ1) is 34.2. The lowest BCUT2D eigenvalue weighted by Crippen LogP contribution is -2.30. The summed E-state index contributed by atoms with van der Waals surface area (Å²) in [7, 11) is -4.76. The van der Waals surface area contributed by atoms with Gasteiger partial charge < -0.3 is 24.2 Å². The van der Waals surface area contributed by atoms with Crippen LogP contribution < -0.4 is 0 Å². The Morgan fingerprint density at radius 2 is 0.771 bits per heavy atom. The van der Waals surface area contributed by atoms with Crippen LogP contribution in [0.3, 0.4) is 0 Å². The smallest absolute Gasteiger partial charge is 0.462 e. The number of rotatable bonds is 50. The minimum atomic E-state index is -4.76. The van der Waals surface area contributed by atoms with Gasteiger partial charge in [-0.1, -0.05) is 183 Å². The van der Waals surface area contributed by atoms with Crippen molar-refractivity contribution in [2.45, 2.75) is 238 Å². The highest BCUT2D eigenvalue weighted by atomic mass is 31.2. The van der Waals surface area contributed by atoms with Crippen LogP contribution in [0.25, 0.3) is 0 Å². The van der Waals surface area contributed by atoms with Crippen molar-refractivity contribution in [2.24, 2.45) is 0 Å². The van der Waals surface area contributed by atoms with Crippen molar-refractivity contribution in [1.29, 1.82) is 0 Å². The Bertz CT molecular complexity index is 1500. The summed E-state index contributed by atoms with van der Waals surface area (Å²) in [6.07, 6.45) is 58.3. The first-order valence-corrected chi connectivity index (χ1v) is 29.0. The molecule has 0 fully saturated rings. The van der Waals surface area contributed by atoms with Crippen molar-refractivity contribution < 1.29 is 52.2 Å². The maximum atomic E-state index is 12.9. The summed E-state index contributed by atoms with van der Waals surface area (Å²) in [4.78, 5) is 48.4. The van der Waals surface area contributed by atoms with Gasteiger partial charge in [-0.15, -0.1) is 0 Å². The summed E-state index contributed by atoms with van der Waals surface area (Å²) in [5, 5.41) is 9.78. The van der Waals surface area contributed by atoms with Gasteiger partial charge in [-0.25, -0.2) is 4.57 Å². The molecule has 0 radical (unpaired) electrons. The predicted molar refractivity (Wildman–Crippen MR) is 288 cm³/mol. The number of hydrogen-bond acceptors (Lipinski definition) is 10. The molecule has 0 aliphatic carbocycles. The number of carbonyl (C=O) groups excluding carboxylic acids is 3. The van der Waals surface area contributed by atoms with E-state index in [1.165, 1.54) is 44.9 Å². The number of allylic oxidation sites excluding steroid dienone is 14. The predicted octanol–water partition coefficient (Wildman–Crippen LogP) is 15.9. The second-order valence-corrected chi connectivity index (χ2v) is 19.5. The van der Waals surface area contributed by atoms with Gasteiger partial charge in [0.15, 0.2) is 6.10 Å².